The largest absolute Gasteiger partial charge is 0.381 e. The van der Waals surface area contributed by atoms with E-state index in [1.807, 2.05) is 6.26 Å². The Morgan fingerprint density at radius 1 is 1.50 bits per heavy atom. The van der Waals surface area contributed by atoms with E-state index < -0.39 is 11.6 Å². The molecule has 1 aliphatic rings. The van der Waals surface area contributed by atoms with Gasteiger partial charge in [-0.05, 0) is 19.1 Å². The number of hydrogen-bond acceptors (Lipinski definition) is 4. The van der Waals surface area contributed by atoms with E-state index in [1.165, 1.54) is 0 Å². The number of anilines is 2. The highest BCUT2D eigenvalue weighted by atomic mass is 32.2. The van der Waals surface area contributed by atoms with Crippen LogP contribution in [-0.2, 0) is 0 Å². The molecule has 6 heteroatoms. The number of nitrogens with two attached hydrogens (primary N) is 1. The minimum absolute atomic E-state index is 0.0271. The molecule has 16 heavy (non-hydrogen) atoms. The van der Waals surface area contributed by atoms with Crippen LogP contribution >= 0.6 is 11.8 Å². The van der Waals surface area contributed by atoms with E-state index in [2.05, 4.69) is 10.3 Å². The Bertz CT molecular complexity index is 407. The van der Waals surface area contributed by atoms with Gasteiger partial charge in [-0.1, -0.05) is 0 Å². The van der Waals surface area contributed by atoms with E-state index in [0.29, 0.717) is 6.54 Å². The molecule has 1 fully saturated rings. The summed E-state index contributed by atoms with van der Waals surface area (Å²) in [4.78, 5) is 3.64. The zero-order valence-electron chi connectivity index (χ0n) is 8.89. The summed E-state index contributed by atoms with van der Waals surface area (Å²) in [5, 5.41) is 2.88. The lowest BCUT2D eigenvalue weighted by Crippen LogP contribution is -2.19. The molecule has 0 unspecified atom stereocenters. The second kappa shape index (κ2) is 4.08. The number of nitrogen functional groups attached to an aromatic ring is 1. The van der Waals surface area contributed by atoms with Gasteiger partial charge in [0, 0.05) is 17.4 Å². The Kier molecular flexibility index (Phi) is 2.92. The van der Waals surface area contributed by atoms with Crippen LogP contribution in [0, 0.1) is 11.6 Å². The fraction of sp³-hybridized carbons (Fsp3) is 0.500. The van der Waals surface area contributed by atoms with E-state index in [1.54, 1.807) is 11.8 Å². The summed E-state index contributed by atoms with van der Waals surface area (Å²) in [6.07, 6.45) is 4.25. The molecule has 0 atom stereocenters. The molecule has 0 bridgehead atoms. The molecule has 0 radical (unpaired) electrons. The first kappa shape index (κ1) is 11.4. The number of nitrogens with one attached hydrogen (secondary N) is 1. The molecule has 1 aliphatic carbocycles. The summed E-state index contributed by atoms with van der Waals surface area (Å²) < 4.78 is 26.3. The third kappa shape index (κ3) is 2.21. The van der Waals surface area contributed by atoms with Crippen molar-refractivity contribution in [3.8, 4) is 0 Å². The topological polar surface area (TPSA) is 50.9 Å². The summed E-state index contributed by atoms with van der Waals surface area (Å²) in [6.45, 7) is 0.628. The van der Waals surface area contributed by atoms with Gasteiger partial charge in [0.15, 0.2) is 23.3 Å². The first-order chi connectivity index (χ1) is 7.56. The maximum absolute atomic E-state index is 13.3. The third-order valence-electron chi connectivity index (χ3n) is 2.78. The van der Waals surface area contributed by atoms with Crippen LogP contribution in [-0.4, -0.2) is 22.5 Å². The van der Waals surface area contributed by atoms with Gasteiger partial charge in [0.2, 0.25) is 0 Å². The molecule has 1 aromatic heterocycles. The molecule has 0 spiro atoms. The van der Waals surface area contributed by atoms with Gasteiger partial charge in [0.05, 0.1) is 0 Å². The van der Waals surface area contributed by atoms with Crippen LogP contribution in [0.2, 0.25) is 0 Å². The minimum Gasteiger partial charge on any atom is -0.381 e. The fourth-order valence-corrected chi connectivity index (χ4v) is 2.17. The fourth-order valence-electron chi connectivity index (χ4n) is 1.44. The van der Waals surface area contributed by atoms with Crippen molar-refractivity contribution < 1.29 is 8.78 Å². The average Bonchev–Trinajstić information content (AvgIpc) is 3.02. The van der Waals surface area contributed by atoms with Crippen molar-refractivity contribution in [1.82, 2.24) is 4.98 Å². The Morgan fingerprint density at radius 2 is 2.19 bits per heavy atom. The lowest BCUT2D eigenvalue weighted by Gasteiger charge is -2.14. The molecule has 1 saturated carbocycles. The minimum atomic E-state index is -0.825. The Hall–Kier alpha value is -1.04. The number of nitrogens with zero attached hydrogens (tertiary/aromatic N) is 1. The summed E-state index contributed by atoms with van der Waals surface area (Å²) in [7, 11) is 0. The third-order valence-corrected chi connectivity index (χ3v) is 4.19. The Morgan fingerprint density at radius 3 is 2.75 bits per heavy atom. The number of aromatic nitrogens is 1. The van der Waals surface area contributed by atoms with Gasteiger partial charge in [0.25, 0.3) is 0 Å². The van der Waals surface area contributed by atoms with E-state index >= 15 is 0 Å². The highest BCUT2D eigenvalue weighted by Crippen LogP contribution is 2.47. The van der Waals surface area contributed by atoms with E-state index in [9.17, 15) is 8.78 Å². The SMILES string of the molecule is CSC1(CNc2nc(N)c(F)cc2F)CC1. The first-order valence-corrected chi connectivity index (χ1v) is 6.19. The molecular weight excluding hydrogens is 232 g/mol. The number of halogens is 2. The number of rotatable bonds is 4. The molecule has 1 aromatic rings. The quantitative estimate of drug-likeness (QED) is 0.854. The van der Waals surface area contributed by atoms with Crippen molar-refractivity contribution in [2.75, 3.05) is 23.9 Å². The molecule has 3 N–H and O–H groups in total. The maximum atomic E-state index is 13.3. The van der Waals surface area contributed by atoms with Gasteiger partial charge in [-0.25, -0.2) is 13.8 Å². The number of thioether (sulfide) groups is 1. The van der Waals surface area contributed by atoms with Gasteiger partial charge in [-0.15, -0.1) is 0 Å². The summed E-state index contributed by atoms with van der Waals surface area (Å²) >= 11 is 1.75. The van der Waals surface area contributed by atoms with Crippen LogP contribution in [0.1, 0.15) is 12.8 Å². The van der Waals surface area contributed by atoms with Crippen molar-refractivity contribution in [2.24, 2.45) is 0 Å². The highest BCUT2D eigenvalue weighted by Gasteiger charge is 2.41. The monoisotopic (exact) mass is 245 g/mol. The maximum Gasteiger partial charge on any atom is 0.168 e. The van der Waals surface area contributed by atoms with Crippen LogP contribution in [0.4, 0.5) is 20.4 Å². The van der Waals surface area contributed by atoms with Crippen LogP contribution in [0.15, 0.2) is 6.07 Å². The average molecular weight is 245 g/mol. The normalized spacial score (nSPS) is 17.2. The van der Waals surface area contributed by atoms with Crippen LogP contribution in [0.3, 0.4) is 0 Å². The molecule has 0 saturated heterocycles. The molecule has 0 aliphatic heterocycles. The molecule has 3 nitrogen and oxygen atoms in total. The van der Waals surface area contributed by atoms with Crippen molar-refractivity contribution in [1.29, 1.82) is 0 Å². The lowest BCUT2D eigenvalue weighted by atomic mass is 10.3. The molecule has 2 rings (SSSR count). The smallest absolute Gasteiger partial charge is 0.168 e. The van der Waals surface area contributed by atoms with Crippen LogP contribution < -0.4 is 11.1 Å². The van der Waals surface area contributed by atoms with E-state index in [4.69, 9.17) is 5.73 Å². The Balaban J connectivity index is 2.07. The summed E-state index contributed by atoms with van der Waals surface area (Å²) in [5.41, 5.74) is 5.28. The van der Waals surface area contributed by atoms with E-state index in [0.717, 1.165) is 18.9 Å². The first-order valence-electron chi connectivity index (χ1n) is 4.97. The number of hydrogen-bond donors (Lipinski definition) is 2. The van der Waals surface area contributed by atoms with Crippen molar-refractivity contribution >= 4 is 23.4 Å². The highest BCUT2D eigenvalue weighted by molar-refractivity contribution is 8.00. The predicted octanol–water partition coefficient (Wildman–Crippen LogP) is 2.25. The zero-order valence-corrected chi connectivity index (χ0v) is 9.70. The van der Waals surface area contributed by atoms with Crippen molar-refractivity contribution in [2.45, 2.75) is 17.6 Å². The molecule has 88 valence electrons. The second-order valence-corrected chi connectivity index (χ2v) is 5.20. The van der Waals surface area contributed by atoms with Gasteiger partial charge in [-0.3, -0.25) is 0 Å². The van der Waals surface area contributed by atoms with Crippen LogP contribution in [0.5, 0.6) is 0 Å². The molecule has 1 heterocycles. The van der Waals surface area contributed by atoms with Crippen molar-refractivity contribution in [3.05, 3.63) is 17.7 Å². The standard InChI is InChI=1S/C10H13F2N3S/c1-16-10(2-3-10)5-14-9-7(12)4-6(11)8(13)15-9/h4H,2-3,5H2,1H3,(H3,13,14,15). The molecule has 0 amide bonds. The predicted molar refractivity (Wildman–Crippen MR) is 62.5 cm³/mol. The zero-order chi connectivity index (χ0) is 11.8. The summed E-state index contributed by atoms with van der Waals surface area (Å²) in [5.74, 6) is -1.78. The van der Waals surface area contributed by atoms with Gasteiger partial charge in [-0.2, -0.15) is 11.8 Å². The summed E-state index contributed by atoms with van der Waals surface area (Å²) in [6, 6.07) is 0.753. The van der Waals surface area contributed by atoms with Crippen molar-refractivity contribution in [3.63, 3.8) is 0 Å². The van der Waals surface area contributed by atoms with Gasteiger partial charge >= 0.3 is 0 Å². The lowest BCUT2D eigenvalue weighted by molar-refractivity contribution is 0.579. The van der Waals surface area contributed by atoms with Gasteiger partial charge < -0.3 is 11.1 Å². The molecular formula is C10H13F2N3S. The van der Waals surface area contributed by atoms with Gasteiger partial charge in [0.1, 0.15) is 0 Å². The van der Waals surface area contributed by atoms with Crippen LogP contribution in [0.25, 0.3) is 0 Å². The number of pyridine rings is 1. The Labute approximate surface area is 96.8 Å². The second-order valence-electron chi connectivity index (χ2n) is 3.93. The molecule has 0 aromatic carbocycles. The van der Waals surface area contributed by atoms with E-state index in [-0.39, 0.29) is 16.4 Å².